The molecule has 1 atom stereocenters. The van der Waals surface area contributed by atoms with Crippen molar-refractivity contribution in [1.29, 1.82) is 0 Å². The molecule has 1 aromatic heterocycles. The summed E-state index contributed by atoms with van der Waals surface area (Å²) < 4.78 is 5.37. The zero-order valence-corrected chi connectivity index (χ0v) is 17.0. The van der Waals surface area contributed by atoms with E-state index in [1.54, 1.807) is 6.07 Å². The van der Waals surface area contributed by atoms with Gasteiger partial charge in [-0.2, -0.15) is 0 Å². The molecular formula is C21H26N6O4. The number of pyridine rings is 1. The number of amides is 1. The van der Waals surface area contributed by atoms with Crippen molar-refractivity contribution in [3.8, 4) is 0 Å². The number of hydrogen-bond donors (Lipinski definition) is 3. The molecule has 10 nitrogen and oxygen atoms in total. The number of aldehydes is 1. The Morgan fingerprint density at radius 3 is 2.55 bits per heavy atom. The molecule has 0 radical (unpaired) electrons. The van der Waals surface area contributed by atoms with Crippen LogP contribution in [0.4, 0.5) is 5.82 Å². The van der Waals surface area contributed by atoms with E-state index in [4.69, 9.17) is 21.9 Å². The first-order valence-electron chi connectivity index (χ1n) is 9.66. The zero-order chi connectivity index (χ0) is 22.6. The van der Waals surface area contributed by atoms with Crippen LogP contribution in [0.25, 0.3) is 0 Å². The summed E-state index contributed by atoms with van der Waals surface area (Å²) in [5, 5.41) is 0. The number of nitrogens with zero attached hydrogens (tertiary/aromatic N) is 3. The highest BCUT2D eigenvalue weighted by molar-refractivity contribution is 6.03. The van der Waals surface area contributed by atoms with Gasteiger partial charge in [-0.1, -0.05) is 30.3 Å². The van der Waals surface area contributed by atoms with Crippen molar-refractivity contribution in [3.63, 3.8) is 0 Å². The van der Waals surface area contributed by atoms with Crippen molar-refractivity contribution in [2.45, 2.75) is 25.5 Å². The third-order valence-electron chi connectivity index (χ3n) is 4.33. The molecule has 0 unspecified atom stereocenters. The van der Waals surface area contributed by atoms with Crippen molar-refractivity contribution in [1.82, 2.24) is 4.98 Å². The van der Waals surface area contributed by atoms with Crippen molar-refractivity contribution in [3.05, 3.63) is 59.8 Å². The first-order valence-corrected chi connectivity index (χ1v) is 9.66. The smallest absolute Gasteiger partial charge is 0.342 e. The van der Waals surface area contributed by atoms with Gasteiger partial charge in [0.1, 0.15) is 18.5 Å². The molecular weight excluding hydrogens is 400 g/mol. The number of carbonyl (C=O) groups is 3. The van der Waals surface area contributed by atoms with E-state index in [2.05, 4.69) is 9.98 Å². The zero-order valence-electron chi connectivity index (χ0n) is 17.0. The molecule has 164 valence electrons. The molecule has 31 heavy (non-hydrogen) atoms. The Bertz CT molecular complexity index is 915. The lowest BCUT2D eigenvalue weighted by molar-refractivity contribution is -0.120. The van der Waals surface area contributed by atoms with Gasteiger partial charge in [0.2, 0.25) is 5.91 Å². The molecule has 1 aromatic carbocycles. The number of rotatable bonds is 11. The number of guanidine groups is 1. The lowest BCUT2D eigenvalue weighted by Gasteiger charge is -2.28. The third-order valence-corrected chi connectivity index (χ3v) is 4.33. The van der Waals surface area contributed by atoms with Crippen molar-refractivity contribution < 1.29 is 19.1 Å². The molecule has 2 rings (SSSR count). The lowest BCUT2D eigenvalue weighted by atomic mass is 10.1. The SMILES string of the molecule is NCC(=O)N(c1ncccc1C(=O)OCc1ccccc1)[C@H](C=O)CCCN=C(N)N. The minimum atomic E-state index is -0.902. The number of carbonyl (C=O) groups excluding carboxylic acids is 3. The number of anilines is 1. The van der Waals surface area contributed by atoms with Gasteiger partial charge in [0.05, 0.1) is 12.6 Å². The van der Waals surface area contributed by atoms with Gasteiger partial charge in [0, 0.05) is 12.7 Å². The molecule has 0 aliphatic carbocycles. The molecule has 1 heterocycles. The van der Waals surface area contributed by atoms with Gasteiger partial charge in [0.15, 0.2) is 11.8 Å². The second kappa shape index (κ2) is 12.0. The van der Waals surface area contributed by atoms with Crippen LogP contribution in [-0.2, 0) is 20.9 Å². The van der Waals surface area contributed by atoms with E-state index >= 15 is 0 Å². The summed E-state index contributed by atoms with van der Waals surface area (Å²) in [7, 11) is 0. The summed E-state index contributed by atoms with van der Waals surface area (Å²) in [5.74, 6) is -1.29. The highest BCUT2D eigenvalue weighted by Crippen LogP contribution is 2.23. The fourth-order valence-electron chi connectivity index (χ4n) is 2.87. The number of benzene rings is 1. The minimum Gasteiger partial charge on any atom is -0.457 e. The first kappa shape index (κ1) is 23.5. The number of ether oxygens (including phenoxy) is 1. The van der Waals surface area contributed by atoms with Crippen molar-refractivity contribution in [2.75, 3.05) is 18.0 Å². The normalized spacial score (nSPS) is 11.3. The number of nitrogens with two attached hydrogens (primary N) is 3. The van der Waals surface area contributed by atoms with E-state index in [-0.39, 0.29) is 43.5 Å². The monoisotopic (exact) mass is 426 g/mol. The lowest BCUT2D eigenvalue weighted by Crippen LogP contribution is -2.46. The van der Waals surface area contributed by atoms with E-state index in [0.29, 0.717) is 12.7 Å². The minimum absolute atomic E-state index is 0.00921. The molecule has 0 aliphatic heterocycles. The first-order chi connectivity index (χ1) is 15.0. The van der Waals surface area contributed by atoms with Gasteiger partial charge in [-0.3, -0.25) is 14.7 Å². The highest BCUT2D eigenvalue weighted by atomic mass is 16.5. The van der Waals surface area contributed by atoms with E-state index in [0.717, 1.165) is 10.5 Å². The number of hydrogen-bond acceptors (Lipinski definition) is 7. The summed E-state index contributed by atoms with van der Waals surface area (Å²) in [6.07, 6.45) is 2.70. The Balaban J connectivity index is 2.25. The van der Waals surface area contributed by atoms with Gasteiger partial charge in [0.25, 0.3) is 0 Å². The van der Waals surface area contributed by atoms with Crippen molar-refractivity contribution >= 4 is 29.9 Å². The molecule has 6 N–H and O–H groups in total. The maximum Gasteiger partial charge on any atom is 0.342 e. The standard InChI is InChI=1S/C21H26N6O4/c22-12-18(29)27(16(13-28)8-4-11-26-21(23)24)19-17(9-5-10-25-19)20(30)31-14-15-6-2-1-3-7-15/h1-3,5-7,9-10,13,16H,4,8,11-12,14,22H2,(H4,23,24,26)/t16-/m0/s1. The third kappa shape index (κ3) is 6.89. The Morgan fingerprint density at radius 2 is 1.90 bits per heavy atom. The van der Waals surface area contributed by atoms with Crippen LogP contribution in [0.5, 0.6) is 0 Å². The van der Waals surface area contributed by atoms with Gasteiger partial charge in [-0.05, 0) is 30.5 Å². The van der Waals surface area contributed by atoms with Crippen LogP contribution >= 0.6 is 0 Å². The molecule has 0 spiro atoms. The second-order valence-electron chi connectivity index (χ2n) is 6.56. The predicted octanol–water partition coefficient (Wildman–Crippen LogP) is 0.351. The fraction of sp³-hybridized carbons (Fsp3) is 0.286. The van der Waals surface area contributed by atoms with Crippen LogP contribution in [0.15, 0.2) is 53.7 Å². The van der Waals surface area contributed by atoms with Gasteiger partial charge >= 0.3 is 5.97 Å². The van der Waals surface area contributed by atoms with Gasteiger partial charge < -0.3 is 26.7 Å². The average Bonchev–Trinajstić information content (AvgIpc) is 2.79. The Kier molecular flexibility index (Phi) is 9.12. The molecule has 0 aliphatic rings. The topological polar surface area (TPSA) is 167 Å². The fourth-order valence-corrected chi connectivity index (χ4v) is 2.87. The van der Waals surface area contributed by atoms with Crippen LogP contribution in [-0.4, -0.2) is 48.2 Å². The summed E-state index contributed by atoms with van der Waals surface area (Å²) in [4.78, 5) is 46.3. The molecule has 1 amide bonds. The van der Waals surface area contributed by atoms with Crippen LogP contribution in [0.3, 0.4) is 0 Å². The largest absolute Gasteiger partial charge is 0.457 e. The van der Waals surface area contributed by atoms with E-state index in [9.17, 15) is 14.4 Å². The van der Waals surface area contributed by atoms with Crippen molar-refractivity contribution in [2.24, 2.45) is 22.2 Å². The van der Waals surface area contributed by atoms with Crippen LogP contribution in [0, 0.1) is 0 Å². The Morgan fingerprint density at radius 1 is 1.16 bits per heavy atom. The Hall–Kier alpha value is -3.79. The molecule has 0 saturated carbocycles. The Labute approximate surface area is 180 Å². The number of esters is 1. The van der Waals surface area contributed by atoms with Crippen LogP contribution < -0.4 is 22.1 Å². The van der Waals surface area contributed by atoms with Crippen LogP contribution in [0.1, 0.15) is 28.8 Å². The summed E-state index contributed by atoms with van der Waals surface area (Å²) >= 11 is 0. The summed E-state index contributed by atoms with van der Waals surface area (Å²) in [5.41, 5.74) is 17.0. The maximum absolute atomic E-state index is 12.7. The summed E-state index contributed by atoms with van der Waals surface area (Å²) in [6, 6.07) is 11.3. The molecule has 2 aromatic rings. The van der Waals surface area contributed by atoms with E-state index in [1.807, 2.05) is 30.3 Å². The predicted molar refractivity (Wildman–Crippen MR) is 116 cm³/mol. The quantitative estimate of drug-likeness (QED) is 0.152. The maximum atomic E-state index is 12.7. The summed E-state index contributed by atoms with van der Waals surface area (Å²) in [6.45, 7) is -0.0344. The number of aliphatic imine (C=N–C) groups is 1. The second-order valence-corrected chi connectivity index (χ2v) is 6.56. The molecule has 0 fully saturated rings. The van der Waals surface area contributed by atoms with Gasteiger partial charge in [-0.25, -0.2) is 9.78 Å². The number of aromatic nitrogens is 1. The van der Waals surface area contributed by atoms with E-state index < -0.39 is 17.9 Å². The molecule has 10 heteroatoms. The highest BCUT2D eigenvalue weighted by Gasteiger charge is 2.29. The average molecular weight is 426 g/mol. The van der Waals surface area contributed by atoms with Crippen LogP contribution in [0.2, 0.25) is 0 Å². The van der Waals surface area contributed by atoms with E-state index in [1.165, 1.54) is 12.3 Å². The molecule has 0 bridgehead atoms. The molecule has 0 saturated heterocycles. The van der Waals surface area contributed by atoms with Gasteiger partial charge in [-0.15, -0.1) is 0 Å².